The van der Waals surface area contributed by atoms with E-state index < -0.39 is 11.2 Å². The molecule has 0 radical (unpaired) electrons. The molecule has 0 aliphatic heterocycles. The maximum Gasteiger partial charge on any atom is 0.335 e. The van der Waals surface area contributed by atoms with Crippen LogP contribution >= 0.6 is 0 Å². The zero-order chi connectivity index (χ0) is 14.2. The summed E-state index contributed by atoms with van der Waals surface area (Å²) >= 11 is 0. The molecule has 0 bridgehead atoms. The van der Waals surface area contributed by atoms with E-state index in [4.69, 9.17) is 0 Å². The summed E-state index contributed by atoms with van der Waals surface area (Å²) in [6.45, 7) is 5.63. The maximum absolute atomic E-state index is 11.8. The van der Waals surface area contributed by atoms with Crippen molar-refractivity contribution >= 4 is 0 Å². The Labute approximate surface area is 109 Å². The first-order valence-corrected chi connectivity index (χ1v) is 6.07. The molecule has 7 nitrogen and oxygen atoms in total. The predicted octanol–water partition coefficient (Wildman–Crippen LogP) is 0.571. The van der Waals surface area contributed by atoms with Gasteiger partial charge in [0, 0.05) is 12.2 Å². The number of aromatic nitrogens is 4. The highest BCUT2D eigenvalue weighted by atomic mass is 16.3. The highest BCUT2D eigenvalue weighted by Crippen LogP contribution is 2.17. The van der Waals surface area contributed by atoms with E-state index in [1.54, 1.807) is 17.8 Å². The number of hydrogen-bond acceptors (Lipinski definition) is 4. The van der Waals surface area contributed by atoms with E-state index in [0.29, 0.717) is 12.1 Å². The Hall–Kier alpha value is -2.31. The second-order valence-electron chi connectivity index (χ2n) is 4.52. The highest BCUT2D eigenvalue weighted by molar-refractivity contribution is 5.35. The number of H-pyrrole nitrogens is 1. The van der Waals surface area contributed by atoms with Crippen molar-refractivity contribution in [1.29, 1.82) is 0 Å². The van der Waals surface area contributed by atoms with Crippen LogP contribution in [0.15, 0.2) is 22.0 Å². The van der Waals surface area contributed by atoms with Crippen LogP contribution in [-0.4, -0.2) is 24.4 Å². The number of nitrogens with zero attached hydrogens (tertiary/aromatic N) is 3. The van der Waals surface area contributed by atoms with E-state index in [-0.39, 0.29) is 17.5 Å². The minimum Gasteiger partial charge on any atom is -0.494 e. The van der Waals surface area contributed by atoms with Crippen molar-refractivity contribution in [2.75, 3.05) is 0 Å². The molecule has 0 aliphatic rings. The lowest BCUT2D eigenvalue weighted by atomic mass is 10.2. The molecule has 0 aromatic carbocycles. The second-order valence-corrected chi connectivity index (χ2v) is 4.52. The van der Waals surface area contributed by atoms with Crippen LogP contribution in [0.3, 0.4) is 0 Å². The Balaban J connectivity index is 2.68. The second kappa shape index (κ2) is 4.75. The fourth-order valence-corrected chi connectivity index (χ4v) is 1.85. The van der Waals surface area contributed by atoms with Crippen molar-refractivity contribution in [1.82, 2.24) is 19.3 Å². The van der Waals surface area contributed by atoms with Crippen LogP contribution in [-0.2, 0) is 6.42 Å². The monoisotopic (exact) mass is 264 g/mol. The van der Waals surface area contributed by atoms with Gasteiger partial charge in [-0.25, -0.2) is 9.36 Å². The molecule has 0 spiro atoms. The predicted molar refractivity (Wildman–Crippen MR) is 69.9 cm³/mol. The molecule has 0 unspecified atom stereocenters. The van der Waals surface area contributed by atoms with Gasteiger partial charge in [0.15, 0.2) is 0 Å². The minimum atomic E-state index is -0.678. The van der Waals surface area contributed by atoms with Crippen LogP contribution in [0, 0.1) is 0 Å². The van der Waals surface area contributed by atoms with Gasteiger partial charge in [0.05, 0.1) is 17.4 Å². The number of hydrogen-bond donors (Lipinski definition) is 2. The lowest BCUT2D eigenvalue weighted by Crippen LogP contribution is -2.31. The van der Waals surface area contributed by atoms with E-state index in [1.165, 1.54) is 6.20 Å². The Bertz CT molecular complexity index is 708. The molecule has 0 saturated heterocycles. The van der Waals surface area contributed by atoms with Crippen molar-refractivity contribution in [3.05, 3.63) is 38.8 Å². The molecule has 0 fully saturated rings. The average molecular weight is 264 g/mol. The smallest absolute Gasteiger partial charge is 0.335 e. The van der Waals surface area contributed by atoms with Gasteiger partial charge >= 0.3 is 5.69 Å². The van der Waals surface area contributed by atoms with Crippen LogP contribution in [0.2, 0.25) is 0 Å². The van der Waals surface area contributed by atoms with Crippen LogP contribution in [0.4, 0.5) is 0 Å². The van der Waals surface area contributed by atoms with Gasteiger partial charge in [-0.3, -0.25) is 14.5 Å². The highest BCUT2D eigenvalue weighted by Gasteiger charge is 2.15. The summed E-state index contributed by atoms with van der Waals surface area (Å²) in [4.78, 5) is 25.5. The number of nitrogens with one attached hydrogen (secondary N) is 1. The molecule has 0 saturated carbocycles. The molecular formula is C12H16N4O3. The lowest BCUT2D eigenvalue weighted by Gasteiger charge is -2.08. The average Bonchev–Trinajstić information content (AvgIpc) is 2.78. The molecule has 2 aromatic rings. The zero-order valence-corrected chi connectivity index (χ0v) is 11.0. The van der Waals surface area contributed by atoms with E-state index in [1.807, 2.05) is 13.8 Å². The van der Waals surface area contributed by atoms with Gasteiger partial charge in [0.1, 0.15) is 0 Å². The molecule has 0 atom stereocenters. The summed E-state index contributed by atoms with van der Waals surface area (Å²) in [5.41, 5.74) is -0.639. The topological polar surface area (TPSA) is 92.9 Å². The SMILES string of the molecule is CCc1c(O)n(-c2cnn(C(C)C)c2)c(=O)[nH]c1=O. The normalized spacial score (nSPS) is 11.2. The fraction of sp³-hybridized carbons (Fsp3) is 0.417. The van der Waals surface area contributed by atoms with E-state index in [9.17, 15) is 14.7 Å². The maximum atomic E-state index is 11.8. The van der Waals surface area contributed by atoms with Crippen LogP contribution in [0.25, 0.3) is 5.69 Å². The van der Waals surface area contributed by atoms with Gasteiger partial charge in [-0.1, -0.05) is 6.92 Å². The first kappa shape index (κ1) is 13.1. The van der Waals surface area contributed by atoms with Crippen LogP contribution in [0.1, 0.15) is 32.4 Å². The molecule has 0 amide bonds. The number of aromatic amines is 1. The molecule has 0 aliphatic carbocycles. The number of aromatic hydroxyl groups is 1. The fourth-order valence-electron chi connectivity index (χ4n) is 1.85. The first-order valence-electron chi connectivity index (χ1n) is 6.07. The molecule has 2 N–H and O–H groups in total. The summed E-state index contributed by atoms with van der Waals surface area (Å²) in [6, 6.07) is 0.139. The lowest BCUT2D eigenvalue weighted by molar-refractivity contribution is 0.423. The van der Waals surface area contributed by atoms with Crippen molar-refractivity contribution in [2.24, 2.45) is 0 Å². The van der Waals surface area contributed by atoms with Crippen molar-refractivity contribution in [3.63, 3.8) is 0 Å². The van der Waals surface area contributed by atoms with E-state index in [0.717, 1.165) is 4.57 Å². The van der Waals surface area contributed by atoms with Gasteiger partial charge < -0.3 is 5.11 Å². The van der Waals surface area contributed by atoms with Crippen molar-refractivity contribution in [3.8, 4) is 11.6 Å². The summed E-state index contributed by atoms with van der Waals surface area (Å²) in [6.07, 6.45) is 3.45. The molecule has 2 rings (SSSR count). The summed E-state index contributed by atoms with van der Waals surface area (Å²) < 4.78 is 2.71. The Kier molecular flexibility index (Phi) is 3.28. The molecule has 19 heavy (non-hydrogen) atoms. The molecule has 7 heteroatoms. The largest absolute Gasteiger partial charge is 0.494 e. The standard InChI is InChI=1S/C12H16N4O3/c1-4-9-10(17)14-12(19)16(11(9)18)8-5-13-15(6-8)7(2)3/h5-7,18H,4H2,1-3H3,(H,14,17,19). The molecule has 102 valence electrons. The van der Waals surface area contributed by atoms with E-state index >= 15 is 0 Å². The summed E-state index contributed by atoms with van der Waals surface area (Å²) in [7, 11) is 0. The van der Waals surface area contributed by atoms with Crippen molar-refractivity contribution < 1.29 is 5.11 Å². The first-order chi connectivity index (χ1) is 8.95. The van der Waals surface area contributed by atoms with Gasteiger partial charge in [-0.15, -0.1) is 0 Å². The summed E-state index contributed by atoms with van der Waals surface area (Å²) in [5, 5.41) is 14.2. The van der Waals surface area contributed by atoms with Gasteiger partial charge in [-0.05, 0) is 20.3 Å². The minimum absolute atomic E-state index is 0.139. The number of rotatable bonds is 3. The van der Waals surface area contributed by atoms with Gasteiger partial charge in [0.2, 0.25) is 5.88 Å². The third-order valence-electron chi connectivity index (χ3n) is 2.91. The van der Waals surface area contributed by atoms with Gasteiger partial charge in [0.25, 0.3) is 5.56 Å². The molecule has 2 heterocycles. The quantitative estimate of drug-likeness (QED) is 0.847. The Morgan fingerprint density at radius 1 is 1.42 bits per heavy atom. The Morgan fingerprint density at radius 3 is 2.63 bits per heavy atom. The Morgan fingerprint density at radius 2 is 2.11 bits per heavy atom. The summed E-state index contributed by atoms with van der Waals surface area (Å²) in [5.74, 6) is -0.334. The van der Waals surface area contributed by atoms with Crippen molar-refractivity contribution in [2.45, 2.75) is 33.2 Å². The molecular weight excluding hydrogens is 248 g/mol. The van der Waals surface area contributed by atoms with Crippen LogP contribution in [0.5, 0.6) is 5.88 Å². The molecule has 2 aromatic heterocycles. The van der Waals surface area contributed by atoms with Crippen LogP contribution < -0.4 is 11.2 Å². The zero-order valence-electron chi connectivity index (χ0n) is 11.0. The third-order valence-corrected chi connectivity index (χ3v) is 2.91. The third kappa shape index (κ3) is 2.18. The van der Waals surface area contributed by atoms with E-state index in [2.05, 4.69) is 10.1 Å². The van der Waals surface area contributed by atoms with Gasteiger partial charge in [-0.2, -0.15) is 5.10 Å².